The fourth-order valence-corrected chi connectivity index (χ4v) is 2.99. The molecule has 2 aromatic rings. The molecule has 0 bridgehead atoms. The van der Waals surface area contributed by atoms with E-state index < -0.39 is 37.3 Å². The lowest BCUT2D eigenvalue weighted by Crippen LogP contribution is -2.55. The highest BCUT2D eigenvalue weighted by molar-refractivity contribution is 5.77. The number of aldehydes is 1. The zero-order valence-corrected chi connectivity index (χ0v) is 17.0. The Labute approximate surface area is 178 Å². The summed E-state index contributed by atoms with van der Waals surface area (Å²) in [6.45, 7) is 1.59. The molecular formula is C23H29NO6. The number of carbonyl (C=O) groups excluding carboxylic acids is 2. The fourth-order valence-electron chi connectivity index (χ4n) is 2.99. The van der Waals surface area contributed by atoms with Crippen LogP contribution in [0.1, 0.15) is 19.4 Å². The second kappa shape index (κ2) is 12.9. The third kappa shape index (κ3) is 7.68. The first-order chi connectivity index (χ1) is 15.0. The maximum atomic E-state index is 11.7. The van der Waals surface area contributed by atoms with Gasteiger partial charge in [0.2, 0.25) is 5.91 Å². The number of nitrogens with one attached hydrogen (secondary N) is 1. The number of methoxy groups -OCH3 is 1. The van der Waals surface area contributed by atoms with Gasteiger partial charge in [0.25, 0.3) is 0 Å². The van der Waals surface area contributed by atoms with Crippen LogP contribution >= 0.6 is 0 Å². The molecule has 0 saturated carbocycles. The lowest BCUT2D eigenvalue weighted by molar-refractivity contribution is -0.148. The average Bonchev–Trinajstić information content (AvgIpc) is 2.78. The van der Waals surface area contributed by atoms with Crippen LogP contribution in [0.4, 0.5) is 0 Å². The van der Waals surface area contributed by atoms with Crippen LogP contribution in [0.5, 0.6) is 0 Å². The van der Waals surface area contributed by atoms with Gasteiger partial charge in [-0.05, 0) is 11.1 Å². The van der Waals surface area contributed by atoms with Gasteiger partial charge in [-0.1, -0.05) is 60.7 Å². The average molecular weight is 416 g/mol. The van der Waals surface area contributed by atoms with E-state index in [-0.39, 0.29) is 19.8 Å². The third-order valence-electron chi connectivity index (χ3n) is 4.45. The maximum absolute atomic E-state index is 11.7. The lowest BCUT2D eigenvalue weighted by atomic mass is 10.0. The molecule has 0 fully saturated rings. The molecule has 0 aliphatic carbocycles. The van der Waals surface area contributed by atoms with Gasteiger partial charge in [-0.15, -0.1) is 0 Å². The van der Waals surface area contributed by atoms with E-state index >= 15 is 0 Å². The zero-order valence-electron chi connectivity index (χ0n) is 18.0. The predicted molar refractivity (Wildman–Crippen MR) is 112 cm³/mol. The Morgan fingerprint density at radius 2 is 1.67 bits per heavy atom. The number of aliphatic hydroxyl groups excluding tert-OH is 1. The van der Waals surface area contributed by atoms with Crippen LogP contribution in [-0.2, 0) is 37.0 Å². The van der Waals surface area contributed by atoms with Crippen molar-refractivity contribution in [3.63, 3.8) is 0 Å². The molecule has 0 aromatic heterocycles. The van der Waals surface area contributed by atoms with Crippen molar-refractivity contribution in [2.75, 3.05) is 13.7 Å². The second-order valence-corrected chi connectivity index (χ2v) is 6.82. The van der Waals surface area contributed by atoms with Gasteiger partial charge in [0, 0.05) is 14.0 Å². The van der Waals surface area contributed by atoms with E-state index in [1.54, 1.807) is 0 Å². The minimum absolute atomic E-state index is 0.101. The summed E-state index contributed by atoms with van der Waals surface area (Å²) in [5.74, 6) is -0.426. The molecule has 7 heteroatoms. The third-order valence-corrected chi connectivity index (χ3v) is 4.45. The van der Waals surface area contributed by atoms with Crippen LogP contribution in [0.15, 0.2) is 60.7 Å². The summed E-state index contributed by atoms with van der Waals surface area (Å²) in [5, 5.41) is 13.2. The monoisotopic (exact) mass is 416 g/mol. The molecule has 0 saturated heterocycles. The van der Waals surface area contributed by atoms with E-state index in [2.05, 4.69) is 5.32 Å². The van der Waals surface area contributed by atoms with Gasteiger partial charge in [-0.25, -0.2) is 0 Å². The molecule has 30 heavy (non-hydrogen) atoms. The molecule has 0 unspecified atom stereocenters. The first kappa shape index (κ1) is 22.1. The van der Waals surface area contributed by atoms with Gasteiger partial charge < -0.3 is 29.4 Å². The standard InChI is InChI=1S/C23H29NO6/c1-17(26)24-20(13-25)22(30-15-19-11-7-4-8-12-19)23(28-2)21(27)16-29-14-18-9-5-3-6-10-18/h3-13,20-23,27H,14-16H2,1-2H3,(H,24,26)/t20-,21+,22+,23+/m0/s1/i2D. The summed E-state index contributed by atoms with van der Waals surface area (Å²) in [6, 6.07) is 17.7. The molecule has 2 rings (SSSR count). The minimum atomic E-state index is -1.19. The number of aliphatic hydroxyl groups is 1. The van der Waals surface area contributed by atoms with Crippen molar-refractivity contribution in [3.8, 4) is 0 Å². The van der Waals surface area contributed by atoms with Crippen LogP contribution in [0.3, 0.4) is 0 Å². The lowest BCUT2D eigenvalue weighted by Gasteiger charge is -2.33. The molecule has 0 heterocycles. The molecular weight excluding hydrogens is 386 g/mol. The SMILES string of the molecule is [2H]CO[C@@H]([C@H](OCc1ccccc1)[C@H](C=O)NC(C)=O)[C@H](O)COCc1ccccc1. The number of hydrogen-bond acceptors (Lipinski definition) is 6. The Bertz CT molecular complexity index is 776. The molecule has 2 N–H and O–H groups in total. The molecule has 0 spiro atoms. The van der Waals surface area contributed by atoms with Crippen LogP contribution in [0.2, 0.25) is 0 Å². The summed E-state index contributed by atoms with van der Waals surface area (Å²) in [4.78, 5) is 23.3. The quantitative estimate of drug-likeness (QED) is 0.484. The number of rotatable bonds is 13. The van der Waals surface area contributed by atoms with Crippen molar-refractivity contribution in [1.82, 2.24) is 5.32 Å². The number of ether oxygens (including phenoxy) is 3. The molecule has 0 radical (unpaired) electrons. The molecule has 4 atom stereocenters. The molecule has 1 amide bonds. The van der Waals surface area contributed by atoms with E-state index in [1.807, 2.05) is 60.7 Å². The van der Waals surface area contributed by atoms with Crippen molar-refractivity contribution < 1.29 is 30.3 Å². The van der Waals surface area contributed by atoms with Crippen LogP contribution < -0.4 is 5.32 Å². The summed E-state index contributed by atoms with van der Waals surface area (Å²) < 4.78 is 24.4. The maximum Gasteiger partial charge on any atom is 0.217 e. The van der Waals surface area contributed by atoms with Gasteiger partial charge in [0.05, 0.1) is 21.2 Å². The Kier molecular flexibility index (Phi) is 9.49. The topological polar surface area (TPSA) is 94.1 Å². The molecule has 7 nitrogen and oxygen atoms in total. The highest BCUT2D eigenvalue weighted by Gasteiger charge is 2.36. The molecule has 0 aliphatic rings. The normalized spacial score (nSPS) is 15.5. The summed E-state index contributed by atoms with van der Waals surface area (Å²) in [6.07, 6.45) is -2.75. The van der Waals surface area contributed by atoms with Gasteiger partial charge in [0.15, 0.2) is 0 Å². The van der Waals surface area contributed by atoms with Gasteiger partial charge >= 0.3 is 0 Å². The van der Waals surface area contributed by atoms with E-state index in [0.717, 1.165) is 11.1 Å². The summed E-state index contributed by atoms with van der Waals surface area (Å²) >= 11 is 0. The smallest absolute Gasteiger partial charge is 0.217 e. The Hall–Kier alpha value is -2.58. The molecule has 0 aliphatic heterocycles. The van der Waals surface area contributed by atoms with E-state index in [4.69, 9.17) is 15.6 Å². The van der Waals surface area contributed by atoms with Crippen molar-refractivity contribution in [1.29, 1.82) is 0 Å². The highest BCUT2D eigenvalue weighted by atomic mass is 16.5. The van der Waals surface area contributed by atoms with Crippen LogP contribution in [0.25, 0.3) is 0 Å². The minimum Gasteiger partial charge on any atom is -0.388 e. The van der Waals surface area contributed by atoms with Crippen molar-refractivity contribution in [2.45, 2.75) is 44.5 Å². The Morgan fingerprint density at radius 1 is 1.07 bits per heavy atom. The molecule has 2 aromatic carbocycles. The van der Waals surface area contributed by atoms with Gasteiger partial charge in [-0.3, -0.25) is 4.79 Å². The van der Waals surface area contributed by atoms with E-state index in [0.29, 0.717) is 6.29 Å². The number of hydrogen-bond donors (Lipinski definition) is 2. The Morgan fingerprint density at radius 3 is 2.20 bits per heavy atom. The highest BCUT2D eigenvalue weighted by Crippen LogP contribution is 2.16. The molecule has 162 valence electrons. The zero-order chi connectivity index (χ0) is 22.5. The van der Waals surface area contributed by atoms with Crippen LogP contribution in [-0.4, -0.2) is 55.3 Å². The first-order valence-electron chi connectivity index (χ1n) is 10.3. The number of benzene rings is 2. The van der Waals surface area contributed by atoms with Crippen molar-refractivity contribution in [3.05, 3.63) is 71.8 Å². The summed E-state index contributed by atoms with van der Waals surface area (Å²) in [7, 11) is -0.461. The van der Waals surface area contributed by atoms with Gasteiger partial charge in [-0.2, -0.15) is 0 Å². The fraction of sp³-hybridized carbons (Fsp3) is 0.391. The first-order valence-corrected chi connectivity index (χ1v) is 9.63. The van der Waals surface area contributed by atoms with Crippen LogP contribution in [0, 0.1) is 0 Å². The second-order valence-electron chi connectivity index (χ2n) is 6.82. The predicted octanol–water partition coefficient (Wildman–Crippen LogP) is 1.87. The van der Waals surface area contributed by atoms with Gasteiger partial charge in [0.1, 0.15) is 30.6 Å². The van der Waals surface area contributed by atoms with E-state index in [9.17, 15) is 14.7 Å². The number of amides is 1. The van der Waals surface area contributed by atoms with Crippen molar-refractivity contribution in [2.24, 2.45) is 0 Å². The largest absolute Gasteiger partial charge is 0.388 e. The summed E-state index contributed by atoms with van der Waals surface area (Å²) in [5.41, 5.74) is 1.79. The van der Waals surface area contributed by atoms with E-state index in [1.165, 1.54) is 6.92 Å². The van der Waals surface area contributed by atoms with Crippen molar-refractivity contribution >= 4 is 12.2 Å². The number of carbonyl (C=O) groups is 2. The Balaban J connectivity index is 2.11.